The summed E-state index contributed by atoms with van der Waals surface area (Å²) in [5, 5.41) is 22.2. The van der Waals surface area contributed by atoms with Crippen molar-refractivity contribution in [2.24, 2.45) is 5.16 Å². The lowest BCUT2D eigenvalue weighted by Crippen LogP contribution is -2.46. The Bertz CT molecular complexity index is 754. The van der Waals surface area contributed by atoms with E-state index >= 15 is 0 Å². The van der Waals surface area contributed by atoms with Crippen molar-refractivity contribution in [3.63, 3.8) is 0 Å². The Morgan fingerprint density at radius 3 is 2.44 bits per heavy atom. The summed E-state index contributed by atoms with van der Waals surface area (Å²) >= 11 is 3.47. The third-order valence-electron chi connectivity index (χ3n) is 4.52. The number of benzene rings is 2. The van der Waals surface area contributed by atoms with Crippen LogP contribution < -0.4 is 4.90 Å². The number of rotatable bonds is 4. The molecule has 2 N–H and O–H groups in total. The molecule has 0 aromatic heterocycles. The number of anilines is 1. The molecule has 0 saturated carbocycles. The van der Waals surface area contributed by atoms with E-state index in [9.17, 15) is 5.11 Å². The van der Waals surface area contributed by atoms with Gasteiger partial charge in [-0.15, -0.1) is 0 Å². The molecule has 3 rings (SSSR count). The minimum absolute atomic E-state index is 0.193. The molecule has 1 fully saturated rings. The minimum atomic E-state index is 0.193. The highest BCUT2D eigenvalue weighted by Gasteiger charge is 2.19. The summed E-state index contributed by atoms with van der Waals surface area (Å²) in [5.41, 5.74) is 3.69. The Kier molecular flexibility index (Phi) is 5.60. The van der Waals surface area contributed by atoms with Crippen LogP contribution in [0.25, 0.3) is 0 Å². The zero-order valence-electron chi connectivity index (χ0n) is 14.2. The maximum Gasteiger partial charge on any atom is 0.128 e. The molecule has 0 spiro atoms. The van der Waals surface area contributed by atoms with Gasteiger partial charge in [0.1, 0.15) is 5.75 Å². The molecule has 0 amide bonds. The normalized spacial score (nSPS) is 15.8. The predicted octanol–water partition coefficient (Wildman–Crippen LogP) is 3.59. The first-order valence-corrected chi connectivity index (χ1v) is 9.09. The fourth-order valence-corrected chi connectivity index (χ4v) is 3.49. The van der Waals surface area contributed by atoms with E-state index in [-0.39, 0.29) is 5.75 Å². The Labute approximate surface area is 156 Å². The first-order chi connectivity index (χ1) is 12.1. The summed E-state index contributed by atoms with van der Waals surface area (Å²) in [6, 6.07) is 12.2. The molecule has 5 nitrogen and oxygen atoms in total. The van der Waals surface area contributed by atoms with Gasteiger partial charge in [0, 0.05) is 54.0 Å². The maximum atomic E-state index is 10.4. The predicted molar refractivity (Wildman–Crippen MR) is 104 cm³/mol. The first kappa shape index (κ1) is 17.8. The highest BCUT2D eigenvalue weighted by Crippen LogP contribution is 2.26. The van der Waals surface area contributed by atoms with E-state index in [0.717, 1.165) is 41.8 Å². The number of aryl methyl sites for hydroxylation is 1. The van der Waals surface area contributed by atoms with Gasteiger partial charge >= 0.3 is 0 Å². The molecule has 132 valence electrons. The van der Waals surface area contributed by atoms with E-state index < -0.39 is 0 Å². The van der Waals surface area contributed by atoms with Crippen LogP contribution in [-0.4, -0.2) is 47.6 Å². The van der Waals surface area contributed by atoms with E-state index in [0.29, 0.717) is 12.1 Å². The molecule has 1 aliphatic rings. The molecular formula is C19H22BrN3O2. The van der Waals surface area contributed by atoms with Gasteiger partial charge in [0.15, 0.2) is 0 Å². The Balaban J connectivity index is 1.65. The molecule has 0 unspecified atom stereocenters. The quantitative estimate of drug-likeness (QED) is 0.465. The zero-order chi connectivity index (χ0) is 17.8. The first-order valence-electron chi connectivity index (χ1n) is 8.29. The number of phenols is 1. The number of oxime groups is 1. The number of hydrogen-bond donors (Lipinski definition) is 2. The summed E-state index contributed by atoms with van der Waals surface area (Å²) in [6.07, 6.45) is 1.28. The van der Waals surface area contributed by atoms with Crippen LogP contribution in [0.1, 0.15) is 16.7 Å². The van der Waals surface area contributed by atoms with Crippen molar-refractivity contribution in [2.75, 3.05) is 31.1 Å². The SMILES string of the molecule is Cc1cc(/C=N/O)c(O)c(CN2CCN(c3ccc(Br)cc3)CC2)c1. The van der Waals surface area contributed by atoms with Crippen molar-refractivity contribution in [1.29, 1.82) is 0 Å². The van der Waals surface area contributed by atoms with Gasteiger partial charge in [-0.1, -0.05) is 27.2 Å². The molecule has 2 aromatic rings. The van der Waals surface area contributed by atoms with Gasteiger partial charge in [0.2, 0.25) is 0 Å². The van der Waals surface area contributed by atoms with E-state index in [4.69, 9.17) is 5.21 Å². The van der Waals surface area contributed by atoms with Crippen molar-refractivity contribution in [2.45, 2.75) is 13.5 Å². The fraction of sp³-hybridized carbons (Fsp3) is 0.316. The molecule has 25 heavy (non-hydrogen) atoms. The Hall–Kier alpha value is -2.05. The molecule has 1 saturated heterocycles. The standard InChI is InChI=1S/C19H22BrN3O2/c1-14-10-15(12-21-25)19(24)16(11-14)13-22-6-8-23(9-7-22)18-4-2-17(20)3-5-18/h2-5,10-12,24-25H,6-9,13H2,1H3/b21-12+. The second kappa shape index (κ2) is 7.89. The van der Waals surface area contributed by atoms with Crippen LogP contribution in [0.3, 0.4) is 0 Å². The highest BCUT2D eigenvalue weighted by atomic mass is 79.9. The smallest absolute Gasteiger partial charge is 0.128 e. The second-order valence-corrected chi connectivity index (χ2v) is 7.26. The second-order valence-electron chi connectivity index (χ2n) is 6.35. The molecule has 6 heteroatoms. The van der Waals surface area contributed by atoms with Gasteiger partial charge in [-0.2, -0.15) is 0 Å². The van der Waals surface area contributed by atoms with Crippen LogP contribution in [0.4, 0.5) is 5.69 Å². The van der Waals surface area contributed by atoms with Crippen molar-refractivity contribution in [3.8, 4) is 5.75 Å². The topological polar surface area (TPSA) is 59.3 Å². The summed E-state index contributed by atoms with van der Waals surface area (Å²) in [5.74, 6) is 0.193. The number of piperazine rings is 1. The molecular weight excluding hydrogens is 382 g/mol. The minimum Gasteiger partial charge on any atom is -0.507 e. The van der Waals surface area contributed by atoms with Gasteiger partial charge in [-0.3, -0.25) is 4.90 Å². The third kappa shape index (κ3) is 4.32. The average molecular weight is 404 g/mol. The van der Waals surface area contributed by atoms with Crippen LogP contribution in [0.2, 0.25) is 0 Å². The van der Waals surface area contributed by atoms with E-state index in [2.05, 4.69) is 55.2 Å². The van der Waals surface area contributed by atoms with Gasteiger partial charge in [-0.25, -0.2) is 0 Å². The number of nitrogens with zero attached hydrogens (tertiary/aromatic N) is 3. The molecule has 0 atom stereocenters. The van der Waals surface area contributed by atoms with Crippen molar-refractivity contribution in [1.82, 2.24) is 4.90 Å². The molecule has 2 aromatic carbocycles. The van der Waals surface area contributed by atoms with Gasteiger partial charge in [-0.05, 0) is 42.8 Å². The Morgan fingerprint density at radius 2 is 1.80 bits per heavy atom. The lowest BCUT2D eigenvalue weighted by Gasteiger charge is -2.36. The summed E-state index contributed by atoms with van der Waals surface area (Å²) < 4.78 is 1.09. The summed E-state index contributed by atoms with van der Waals surface area (Å²) in [7, 11) is 0. The highest BCUT2D eigenvalue weighted by molar-refractivity contribution is 9.10. The molecule has 1 aliphatic heterocycles. The Morgan fingerprint density at radius 1 is 1.12 bits per heavy atom. The fourth-order valence-electron chi connectivity index (χ4n) is 3.22. The summed E-state index contributed by atoms with van der Waals surface area (Å²) in [6.45, 7) is 6.45. The van der Waals surface area contributed by atoms with Crippen LogP contribution in [0, 0.1) is 6.92 Å². The van der Waals surface area contributed by atoms with E-state index in [1.807, 2.05) is 19.1 Å². The largest absolute Gasteiger partial charge is 0.507 e. The lowest BCUT2D eigenvalue weighted by molar-refractivity contribution is 0.246. The lowest BCUT2D eigenvalue weighted by atomic mass is 10.0. The van der Waals surface area contributed by atoms with Crippen molar-refractivity contribution in [3.05, 3.63) is 57.6 Å². The van der Waals surface area contributed by atoms with E-state index in [1.54, 1.807) is 0 Å². The average Bonchev–Trinajstić information content (AvgIpc) is 2.61. The number of halogens is 1. The number of hydrogen-bond acceptors (Lipinski definition) is 5. The van der Waals surface area contributed by atoms with Crippen LogP contribution in [0.5, 0.6) is 5.75 Å². The maximum absolute atomic E-state index is 10.4. The molecule has 0 bridgehead atoms. The molecule has 0 aliphatic carbocycles. The summed E-state index contributed by atoms with van der Waals surface area (Å²) in [4.78, 5) is 4.71. The van der Waals surface area contributed by atoms with Gasteiger partial charge < -0.3 is 15.2 Å². The third-order valence-corrected chi connectivity index (χ3v) is 5.05. The zero-order valence-corrected chi connectivity index (χ0v) is 15.8. The number of phenolic OH excluding ortho intramolecular Hbond substituents is 1. The van der Waals surface area contributed by atoms with Gasteiger partial charge in [0.05, 0.1) is 6.21 Å². The van der Waals surface area contributed by atoms with Crippen LogP contribution >= 0.6 is 15.9 Å². The van der Waals surface area contributed by atoms with Crippen molar-refractivity contribution < 1.29 is 10.3 Å². The van der Waals surface area contributed by atoms with Crippen LogP contribution in [-0.2, 0) is 6.54 Å². The van der Waals surface area contributed by atoms with Crippen LogP contribution in [0.15, 0.2) is 46.0 Å². The van der Waals surface area contributed by atoms with E-state index in [1.165, 1.54) is 11.9 Å². The number of aromatic hydroxyl groups is 1. The van der Waals surface area contributed by atoms with Gasteiger partial charge in [0.25, 0.3) is 0 Å². The molecule has 0 radical (unpaired) electrons. The molecule has 1 heterocycles. The van der Waals surface area contributed by atoms with Crippen molar-refractivity contribution >= 4 is 27.8 Å². The monoisotopic (exact) mass is 403 g/mol.